The molecule has 142 heavy (non-hydrogen) atoms. The summed E-state index contributed by atoms with van der Waals surface area (Å²) in [4.78, 5) is 147. The Morgan fingerprint density at radius 1 is 0.225 bits per heavy atom. The Labute approximate surface area is 833 Å². The summed E-state index contributed by atoms with van der Waals surface area (Å²) >= 11 is 18.9. The summed E-state index contributed by atoms with van der Waals surface area (Å²) in [5.74, 6) is -15.0. The number of benzene rings is 10. The first kappa shape index (κ1) is 103. The van der Waals surface area contributed by atoms with Crippen LogP contribution in [0.25, 0.3) is 0 Å². The minimum atomic E-state index is -2.57. The molecule has 10 aromatic rings. The Morgan fingerprint density at radius 2 is 0.366 bits per heavy atom. The molecular formula is C108H104Cl3NO30. The van der Waals surface area contributed by atoms with Crippen LogP contribution in [0.4, 0.5) is 0 Å². The molecule has 0 radical (unpaired) electrons. The van der Waals surface area contributed by atoms with Crippen LogP contribution in [-0.2, 0) is 94.7 Å². The van der Waals surface area contributed by atoms with E-state index >= 15 is 9.59 Å². The van der Waals surface area contributed by atoms with Gasteiger partial charge in [0, 0.05) is 29.6 Å². The minimum absolute atomic E-state index is 0.0311. The largest absolute Gasteiger partial charge is 0.454 e. The first-order valence-electron chi connectivity index (χ1n) is 46.3. The molecule has 5 fully saturated rings. The Kier molecular flexibility index (Phi) is 35.3. The second kappa shape index (κ2) is 48.6. The van der Waals surface area contributed by atoms with Crippen molar-refractivity contribution in [2.45, 2.75) is 175 Å². The second-order valence-corrected chi connectivity index (χ2v) is 36.8. The van der Waals surface area contributed by atoms with E-state index in [0.717, 1.165) is 0 Å². The molecule has 5 aliphatic heterocycles. The number of ether oxygens (including phenoxy) is 20. The second-order valence-electron chi connectivity index (χ2n) is 34.6. The van der Waals surface area contributed by atoms with Crippen LogP contribution >= 0.6 is 34.8 Å². The van der Waals surface area contributed by atoms with E-state index in [0.29, 0.717) is 6.42 Å². The highest BCUT2D eigenvalue weighted by Crippen LogP contribution is 2.43. The first-order chi connectivity index (χ1) is 68.6. The Balaban J connectivity index is 0.798. The molecule has 5 saturated heterocycles. The molecule has 31 nitrogen and oxygen atoms in total. The smallest absolute Gasteiger partial charge is 0.338 e. The van der Waals surface area contributed by atoms with E-state index in [-0.39, 0.29) is 55.6 Å². The van der Waals surface area contributed by atoms with Gasteiger partial charge in [-0.05, 0) is 128 Å². The fourth-order valence-electron chi connectivity index (χ4n) is 17.1. The van der Waals surface area contributed by atoms with Gasteiger partial charge in [-0.2, -0.15) is 0 Å². The van der Waals surface area contributed by atoms with Crippen molar-refractivity contribution in [3.63, 3.8) is 0 Å². The number of rotatable bonds is 34. The lowest BCUT2D eigenvalue weighted by atomic mass is 9.88. The van der Waals surface area contributed by atoms with Gasteiger partial charge in [0.05, 0.1) is 113 Å². The number of nitrogens with one attached hydrogen (secondary N) is 1. The molecule has 5 aliphatic rings. The number of halogens is 3. The number of hydrogen-bond donors (Lipinski definition) is 1. The summed E-state index contributed by atoms with van der Waals surface area (Å²) in [6.45, 7) is 7.59. The summed E-state index contributed by atoms with van der Waals surface area (Å²) in [7, 11) is 0. The van der Waals surface area contributed by atoms with Crippen LogP contribution in [0.2, 0.25) is 0 Å². The maximum absolute atomic E-state index is 15.0. The van der Waals surface area contributed by atoms with Crippen LogP contribution in [0.1, 0.15) is 152 Å². The molecule has 25 atom stereocenters. The Morgan fingerprint density at radius 3 is 0.528 bits per heavy atom. The van der Waals surface area contributed by atoms with Gasteiger partial charge in [0.15, 0.2) is 55.7 Å². The molecule has 34 heteroatoms. The number of carbonyl (C=O) groups excluding carboxylic acids is 10. The monoisotopic (exact) mass is 2000 g/mol. The van der Waals surface area contributed by atoms with Gasteiger partial charge in [-0.15, -0.1) is 0 Å². The normalized spacial score (nSPS) is 27.4. The number of alkyl halides is 3. The van der Waals surface area contributed by atoms with Crippen molar-refractivity contribution in [2.24, 2.45) is 29.6 Å². The van der Waals surface area contributed by atoms with E-state index in [1.54, 1.807) is 241 Å². The molecule has 0 spiro atoms. The van der Waals surface area contributed by atoms with Crippen molar-refractivity contribution < 1.29 is 143 Å². The van der Waals surface area contributed by atoms with E-state index in [4.69, 9.17) is 135 Å². The molecule has 742 valence electrons. The quantitative estimate of drug-likeness (QED) is 0.0129. The third kappa shape index (κ3) is 25.9. The lowest BCUT2D eigenvalue weighted by Crippen LogP contribution is -2.62. The van der Waals surface area contributed by atoms with Crippen molar-refractivity contribution in [2.75, 3.05) is 26.4 Å². The minimum Gasteiger partial charge on any atom is -0.454 e. The van der Waals surface area contributed by atoms with Gasteiger partial charge in [0.1, 0.15) is 24.4 Å². The van der Waals surface area contributed by atoms with E-state index in [2.05, 4.69) is 0 Å². The predicted molar refractivity (Wildman–Crippen MR) is 509 cm³/mol. The zero-order chi connectivity index (χ0) is 100. The van der Waals surface area contributed by atoms with Crippen molar-refractivity contribution in [3.8, 4) is 0 Å². The highest BCUT2D eigenvalue weighted by Gasteiger charge is 2.58. The van der Waals surface area contributed by atoms with Crippen LogP contribution in [-0.4, -0.2) is 219 Å². The highest BCUT2D eigenvalue weighted by atomic mass is 35.6. The fraction of sp³-hybridized carbons (Fsp3) is 0.343. The van der Waals surface area contributed by atoms with Gasteiger partial charge >= 0.3 is 59.7 Å². The molecule has 0 bridgehead atoms. The van der Waals surface area contributed by atoms with E-state index in [1.807, 2.05) is 6.92 Å². The van der Waals surface area contributed by atoms with E-state index in [9.17, 15) is 38.4 Å². The van der Waals surface area contributed by atoms with Crippen molar-refractivity contribution in [3.05, 3.63) is 359 Å². The SMILES string of the molecule is CC[C@H]1O[C@@H](OC[C@H]2O[C@@H](OC[C@H]3O[C@@H](OC[C@H]4O[C@@H](OC[C@H]5OC(OC(=N)C(Cl)(Cl)Cl)[C@H](OC(=O)c6ccccc6)[C@@H](OC(=O)c6ccccc6)[C@@H]5C)[C@H](OC(=O)c5ccccc5)[C@@H](OC(=O)c5ccccc5)[C@@H]4C)[C@H](OC(=O)c4ccccc4)[C@@H](OC(=O)c4ccccc4)[C@@H]3C)[C@H](OC(=O)c3ccccc3)[C@@H](OC(=O)c3ccccc3)[C@@H]2C)[C@H](OC(=O)c2ccccc2)[C@@H](OC(=O)c2ccccc2)[C@@H]1C. The summed E-state index contributed by atoms with van der Waals surface area (Å²) in [6.07, 6.45) is -30.9. The average molecular weight is 2000 g/mol. The average Bonchev–Trinajstić information content (AvgIpc) is 0.764. The Bertz CT molecular complexity index is 5900. The maximum atomic E-state index is 15.0. The highest BCUT2D eigenvalue weighted by molar-refractivity contribution is 6.76. The number of hydrogen-bond acceptors (Lipinski definition) is 31. The molecule has 0 aromatic heterocycles. The summed E-state index contributed by atoms with van der Waals surface area (Å²) in [6, 6.07) is 79.3. The molecule has 1 unspecified atom stereocenters. The summed E-state index contributed by atoms with van der Waals surface area (Å²) in [5.41, 5.74) is 0.809. The topological polar surface area (TPSA) is 379 Å². The van der Waals surface area contributed by atoms with Crippen LogP contribution < -0.4 is 0 Å². The molecule has 10 aromatic carbocycles. The number of carbonyl (C=O) groups is 10. The fourth-order valence-corrected chi connectivity index (χ4v) is 17.3. The van der Waals surface area contributed by atoms with Gasteiger partial charge in [-0.3, -0.25) is 5.41 Å². The summed E-state index contributed by atoms with van der Waals surface area (Å²) in [5, 5.41) is 8.85. The molecule has 0 saturated carbocycles. The zero-order valence-corrected chi connectivity index (χ0v) is 80.0. The Hall–Kier alpha value is -13.1. The van der Waals surface area contributed by atoms with Gasteiger partial charge < -0.3 is 94.7 Å². The van der Waals surface area contributed by atoms with Crippen LogP contribution in [0.15, 0.2) is 303 Å². The van der Waals surface area contributed by atoms with E-state index in [1.165, 1.54) is 97.1 Å². The lowest BCUT2D eigenvalue weighted by molar-refractivity contribution is -0.337. The molecule has 1 N–H and O–H groups in total. The van der Waals surface area contributed by atoms with Crippen LogP contribution in [0.3, 0.4) is 0 Å². The lowest BCUT2D eigenvalue weighted by Gasteiger charge is -2.48. The van der Waals surface area contributed by atoms with Gasteiger partial charge in [0.2, 0.25) is 18.3 Å². The zero-order valence-electron chi connectivity index (χ0n) is 77.7. The molecule has 0 amide bonds. The third-order valence-electron chi connectivity index (χ3n) is 25.1. The van der Waals surface area contributed by atoms with Gasteiger partial charge in [0.25, 0.3) is 3.79 Å². The summed E-state index contributed by atoms with van der Waals surface area (Å²) < 4.78 is 130. The maximum Gasteiger partial charge on any atom is 0.338 e. The molecule has 5 heterocycles. The van der Waals surface area contributed by atoms with Gasteiger partial charge in [-0.1, -0.05) is 258 Å². The van der Waals surface area contributed by atoms with Crippen molar-refractivity contribution >= 4 is 100 Å². The molecule has 15 rings (SSSR count). The molecule has 0 aliphatic carbocycles. The van der Waals surface area contributed by atoms with Crippen LogP contribution in [0, 0.1) is 35.0 Å². The first-order valence-corrected chi connectivity index (χ1v) is 47.4. The number of esters is 10. The van der Waals surface area contributed by atoms with Gasteiger partial charge in [-0.25, -0.2) is 47.9 Å². The standard InChI is InChI=1S/C108H104Cl3NO30/c1-7-77-62(2)82(132-92(113)67-38-18-8-19-39-67)87(137-97(118)72-48-28-13-29-49-72)102(127-77)123-58-78-63(3)83(133-93(114)68-40-20-9-21-41-68)88(138-98(119)73-50-30-14-31-51-73)103(128-78)124-59-79-64(4)84(134-94(115)69-42-22-10-23-43-69)89(139-99(120)74-52-32-15-33-53-74)104(129-79)125-60-80-65(5)85(135-95(116)70-44-24-11-25-45-70)90(140-100(121)75-54-34-16-35-55-75)105(130-80)126-61-81-66(6)86(136-96(117)71-46-26-12-27-47-71)91(106(131-81)142-107(112)108(109,110)111)141-101(122)76-56-36-17-37-57-76/h8-57,62-66,77-91,102-106,112H,7,58-61H2,1-6H3/t62-,63-,64-,65-,66-,77-,78-,79-,80-,81-,82+,83+,84+,85+,86+,87-,88-,89-,90-,91-,102-,103-,104-,105-,106?/m1/s1. The van der Waals surface area contributed by atoms with Crippen molar-refractivity contribution in [1.82, 2.24) is 0 Å². The van der Waals surface area contributed by atoms with Crippen molar-refractivity contribution in [1.29, 1.82) is 5.41 Å². The molecular weight excluding hydrogens is 1900 g/mol. The third-order valence-corrected chi connectivity index (χ3v) is 25.7. The van der Waals surface area contributed by atoms with Crippen LogP contribution in [0.5, 0.6) is 0 Å². The predicted octanol–water partition coefficient (Wildman–Crippen LogP) is 16.9. The van der Waals surface area contributed by atoms with E-state index < -0.39 is 248 Å².